The zero-order chi connectivity index (χ0) is 28.4. The number of rotatable bonds is 5. The van der Waals surface area contributed by atoms with E-state index in [0.29, 0.717) is 37.8 Å². The first kappa shape index (κ1) is 28.2. The Balaban J connectivity index is 1.23. The second-order valence-corrected chi connectivity index (χ2v) is 12.5. The second kappa shape index (κ2) is 11.6. The van der Waals surface area contributed by atoms with Gasteiger partial charge in [0.15, 0.2) is 0 Å². The van der Waals surface area contributed by atoms with E-state index >= 15 is 0 Å². The van der Waals surface area contributed by atoms with Crippen molar-refractivity contribution in [2.24, 2.45) is 5.92 Å². The fourth-order valence-electron chi connectivity index (χ4n) is 6.52. The van der Waals surface area contributed by atoms with Gasteiger partial charge in [0.2, 0.25) is 5.91 Å². The van der Waals surface area contributed by atoms with Crippen LogP contribution in [0.5, 0.6) is 0 Å². The fourth-order valence-corrected chi connectivity index (χ4v) is 6.52. The summed E-state index contributed by atoms with van der Waals surface area (Å²) in [6.07, 6.45) is 6.76. The number of amides is 2. The van der Waals surface area contributed by atoms with Crippen molar-refractivity contribution in [2.75, 3.05) is 25.1 Å². The van der Waals surface area contributed by atoms with Gasteiger partial charge < -0.3 is 14.4 Å². The summed E-state index contributed by atoms with van der Waals surface area (Å²) >= 11 is 0. The maximum atomic E-state index is 13.6. The third kappa shape index (κ3) is 6.18. The van der Waals surface area contributed by atoms with Crippen LogP contribution in [0.25, 0.3) is 11.1 Å². The number of benzene rings is 2. The minimum Gasteiger partial charge on any atom is -0.469 e. The van der Waals surface area contributed by atoms with Crippen LogP contribution in [0.3, 0.4) is 0 Å². The molecule has 214 valence electrons. The van der Waals surface area contributed by atoms with Crippen LogP contribution in [-0.2, 0) is 25.5 Å². The highest BCUT2D eigenvalue weighted by molar-refractivity contribution is 6.01. The lowest BCUT2D eigenvalue weighted by molar-refractivity contribution is -0.142. The predicted molar refractivity (Wildman–Crippen MR) is 155 cm³/mol. The van der Waals surface area contributed by atoms with Gasteiger partial charge in [-0.1, -0.05) is 30.3 Å². The van der Waals surface area contributed by atoms with Crippen molar-refractivity contribution in [3.8, 4) is 11.1 Å². The van der Waals surface area contributed by atoms with E-state index in [1.54, 1.807) is 4.90 Å². The van der Waals surface area contributed by atoms with Crippen LogP contribution in [0.2, 0.25) is 0 Å². The predicted octanol–water partition coefficient (Wildman–Crippen LogP) is 6.48. The maximum absolute atomic E-state index is 13.6. The van der Waals surface area contributed by atoms with Gasteiger partial charge in [-0.2, -0.15) is 0 Å². The van der Waals surface area contributed by atoms with E-state index in [2.05, 4.69) is 42.5 Å². The molecular formula is C33H42N2O5. The van der Waals surface area contributed by atoms with Crippen LogP contribution >= 0.6 is 0 Å². The van der Waals surface area contributed by atoms with Gasteiger partial charge in [-0.25, -0.2) is 4.79 Å². The van der Waals surface area contributed by atoms with Gasteiger partial charge in [-0.3, -0.25) is 14.5 Å². The van der Waals surface area contributed by atoms with Crippen molar-refractivity contribution in [3.63, 3.8) is 0 Å². The second-order valence-electron chi connectivity index (χ2n) is 12.5. The van der Waals surface area contributed by atoms with E-state index < -0.39 is 17.7 Å². The lowest BCUT2D eigenvalue weighted by Gasteiger charge is -2.30. The number of hydrogen-bond acceptors (Lipinski definition) is 5. The SMILES string of the molecule is COC(=O)CC1CCC(c2ccc(-c3ccc4c(c3)CCN4C(=O)[C@@H]3CCCN3C(=O)OC(C)(C)C)cc2)CC1. The van der Waals surface area contributed by atoms with E-state index in [0.717, 1.165) is 49.8 Å². The number of likely N-dealkylation sites (tertiary alicyclic amines) is 1. The molecule has 1 atom stereocenters. The number of nitrogens with zero attached hydrogens (tertiary/aromatic N) is 2. The Morgan fingerprint density at radius 2 is 1.60 bits per heavy atom. The van der Waals surface area contributed by atoms with Gasteiger partial charge in [-0.05, 0) is 112 Å². The fraction of sp³-hybridized carbons (Fsp3) is 0.545. The molecule has 0 bridgehead atoms. The van der Waals surface area contributed by atoms with Gasteiger partial charge in [0.1, 0.15) is 11.6 Å². The Bertz CT molecular complexity index is 1240. The number of esters is 1. The monoisotopic (exact) mass is 546 g/mol. The molecule has 2 fully saturated rings. The summed E-state index contributed by atoms with van der Waals surface area (Å²) < 4.78 is 10.4. The highest BCUT2D eigenvalue weighted by Gasteiger charge is 2.40. The zero-order valence-corrected chi connectivity index (χ0v) is 24.3. The number of hydrogen-bond donors (Lipinski definition) is 0. The molecule has 40 heavy (non-hydrogen) atoms. The van der Waals surface area contributed by atoms with E-state index in [1.807, 2.05) is 25.7 Å². The van der Waals surface area contributed by atoms with Crippen molar-refractivity contribution in [1.82, 2.24) is 4.90 Å². The third-order valence-corrected chi connectivity index (χ3v) is 8.65. The number of ether oxygens (including phenoxy) is 2. The summed E-state index contributed by atoms with van der Waals surface area (Å²) in [5, 5.41) is 0. The molecule has 0 aromatic heterocycles. The molecule has 7 nitrogen and oxygen atoms in total. The van der Waals surface area contributed by atoms with Gasteiger partial charge in [-0.15, -0.1) is 0 Å². The Kier molecular flexibility index (Phi) is 8.20. The van der Waals surface area contributed by atoms with Crippen molar-refractivity contribution in [3.05, 3.63) is 53.6 Å². The van der Waals surface area contributed by atoms with Crippen molar-refractivity contribution >= 4 is 23.7 Å². The number of carbonyl (C=O) groups is 3. The molecule has 0 spiro atoms. The van der Waals surface area contributed by atoms with Crippen LogP contribution < -0.4 is 4.90 Å². The first-order valence-corrected chi connectivity index (χ1v) is 14.7. The minimum atomic E-state index is -0.590. The molecule has 2 heterocycles. The summed E-state index contributed by atoms with van der Waals surface area (Å²) in [5.41, 5.74) is 5.21. The van der Waals surface area contributed by atoms with Crippen LogP contribution in [0.4, 0.5) is 10.5 Å². The smallest absolute Gasteiger partial charge is 0.410 e. The average Bonchev–Trinajstić information content (AvgIpc) is 3.60. The summed E-state index contributed by atoms with van der Waals surface area (Å²) in [6, 6.07) is 14.8. The summed E-state index contributed by atoms with van der Waals surface area (Å²) in [7, 11) is 1.46. The van der Waals surface area contributed by atoms with Crippen molar-refractivity contribution in [2.45, 2.75) is 89.7 Å². The molecule has 2 amide bonds. The van der Waals surface area contributed by atoms with Crippen LogP contribution in [-0.4, -0.2) is 54.7 Å². The Morgan fingerprint density at radius 1 is 0.900 bits per heavy atom. The van der Waals surface area contributed by atoms with Gasteiger partial charge in [0.25, 0.3) is 0 Å². The molecular weight excluding hydrogens is 504 g/mol. The molecule has 1 saturated heterocycles. The molecule has 0 unspecified atom stereocenters. The molecule has 2 aromatic carbocycles. The first-order valence-electron chi connectivity index (χ1n) is 14.7. The Hall–Kier alpha value is -3.35. The standard InChI is InChI=1S/C33H42N2O5/c1-33(2,3)40-32(38)35-18-5-6-29(35)31(37)34-19-17-27-21-26(15-16-28(27)34)25-13-11-24(12-14-25)23-9-7-22(8-10-23)20-30(36)39-4/h11-16,21-23,29H,5-10,17-20H2,1-4H3/t22?,23?,29-/m0/s1. The van der Waals surface area contributed by atoms with Crippen LogP contribution in [0, 0.1) is 5.92 Å². The molecule has 0 N–H and O–H groups in total. The molecule has 5 rings (SSSR count). The Labute approximate surface area is 237 Å². The summed E-state index contributed by atoms with van der Waals surface area (Å²) in [6.45, 7) is 6.72. The highest BCUT2D eigenvalue weighted by atomic mass is 16.6. The zero-order valence-electron chi connectivity index (χ0n) is 24.3. The third-order valence-electron chi connectivity index (χ3n) is 8.65. The quantitative estimate of drug-likeness (QED) is 0.401. The molecule has 0 radical (unpaired) electrons. The molecule has 3 aliphatic rings. The first-order chi connectivity index (χ1) is 19.1. The minimum absolute atomic E-state index is 0.0134. The van der Waals surface area contributed by atoms with Gasteiger partial charge in [0.05, 0.1) is 7.11 Å². The summed E-state index contributed by atoms with van der Waals surface area (Å²) in [5.74, 6) is 0.865. The molecule has 2 aromatic rings. The molecule has 2 aliphatic heterocycles. The molecule has 1 saturated carbocycles. The number of methoxy groups -OCH3 is 1. The van der Waals surface area contributed by atoms with Gasteiger partial charge in [0, 0.05) is 25.2 Å². The summed E-state index contributed by atoms with van der Waals surface area (Å²) in [4.78, 5) is 41.4. The highest BCUT2D eigenvalue weighted by Crippen LogP contribution is 2.39. The topological polar surface area (TPSA) is 76.2 Å². The lowest BCUT2D eigenvalue weighted by atomic mass is 9.77. The van der Waals surface area contributed by atoms with Gasteiger partial charge >= 0.3 is 12.1 Å². The van der Waals surface area contributed by atoms with E-state index in [-0.39, 0.29) is 11.9 Å². The Morgan fingerprint density at radius 3 is 2.27 bits per heavy atom. The van der Waals surface area contributed by atoms with Crippen LogP contribution in [0.1, 0.15) is 82.8 Å². The lowest BCUT2D eigenvalue weighted by Crippen LogP contribution is -2.48. The molecule has 7 heteroatoms. The van der Waals surface area contributed by atoms with E-state index in [9.17, 15) is 14.4 Å². The van der Waals surface area contributed by atoms with E-state index in [1.165, 1.54) is 23.8 Å². The average molecular weight is 547 g/mol. The molecule has 1 aliphatic carbocycles. The van der Waals surface area contributed by atoms with Crippen molar-refractivity contribution in [1.29, 1.82) is 0 Å². The number of anilines is 1. The normalized spacial score (nSPS) is 22.6. The number of carbonyl (C=O) groups excluding carboxylic acids is 3. The largest absolute Gasteiger partial charge is 0.469 e. The van der Waals surface area contributed by atoms with E-state index in [4.69, 9.17) is 9.47 Å². The van der Waals surface area contributed by atoms with Crippen LogP contribution in [0.15, 0.2) is 42.5 Å². The maximum Gasteiger partial charge on any atom is 0.410 e. The number of fused-ring (bicyclic) bond motifs is 1. The van der Waals surface area contributed by atoms with Crippen molar-refractivity contribution < 1.29 is 23.9 Å².